The molecule has 1 amide bonds. The van der Waals surface area contributed by atoms with Gasteiger partial charge in [-0.15, -0.1) is 24.0 Å². The zero-order valence-corrected chi connectivity index (χ0v) is 20.8. The third-order valence-electron chi connectivity index (χ3n) is 4.44. The van der Waals surface area contributed by atoms with Crippen LogP contribution in [0.2, 0.25) is 0 Å². The maximum absolute atomic E-state index is 12.4. The van der Waals surface area contributed by atoms with Gasteiger partial charge in [0.15, 0.2) is 5.96 Å². The normalized spacial score (nSPS) is 11.0. The van der Waals surface area contributed by atoms with Gasteiger partial charge in [-0.1, -0.05) is 34.1 Å². The molecular weight excluding hydrogens is 533 g/mol. The molecule has 6 nitrogen and oxygen atoms in total. The number of benzene rings is 1. The minimum atomic E-state index is 0. The second-order valence-electron chi connectivity index (χ2n) is 6.53. The highest BCUT2D eigenvalue weighted by molar-refractivity contribution is 14.0. The number of amides is 1. The van der Waals surface area contributed by atoms with Crippen LogP contribution in [0.15, 0.2) is 52.1 Å². The predicted octanol–water partition coefficient (Wildman–Crippen LogP) is 3.46. The van der Waals surface area contributed by atoms with Gasteiger partial charge in [-0.3, -0.25) is 9.79 Å². The lowest BCUT2D eigenvalue weighted by Gasteiger charge is -2.23. The Morgan fingerprint density at radius 3 is 2.46 bits per heavy atom. The number of aryl methyl sites for hydroxylation is 1. The molecule has 1 N–H and O–H groups in total. The lowest BCUT2D eigenvalue weighted by atomic mass is 10.2. The van der Waals surface area contributed by atoms with E-state index in [9.17, 15) is 4.79 Å². The van der Waals surface area contributed by atoms with Gasteiger partial charge in [0, 0.05) is 64.1 Å². The van der Waals surface area contributed by atoms with E-state index in [4.69, 9.17) is 0 Å². The van der Waals surface area contributed by atoms with Crippen molar-refractivity contribution in [2.45, 2.75) is 19.5 Å². The minimum absolute atomic E-state index is 0. The molecule has 0 aliphatic carbocycles. The molecule has 2 rings (SSSR count). The van der Waals surface area contributed by atoms with Crippen molar-refractivity contribution in [2.24, 2.45) is 12.0 Å². The molecule has 0 saturated heterocycles. The Kier molecular flexibility index (Phi) is 10.6. The van der Waals surface area contributed by atoms with Crippen molar-refractivity contribution in [1.82, 2.24) is 19.7 Å². The fourth-order valence-electron chi connectivity index (χ4n) is 2.81. The molecule has 1 aromatic heterocycles. The van der Waals surface area contributed by atoms with Crippen LogP contribution in [-0.4, -0.2) is 53.9 Å². The predicted molar refractivity (Wildman–Crippen MR) is 129 cm³/mol. The number of aliphatic imine (C=N–C) groups is 1. The summed E-state index contributed by atoms with van der Waals surface area (Å²) >= 11 is 3.53. The third-order valence-corrected chi connectivity index (χ3v) is 5.21. The van der Waals surface area contributed by atoms with E-state index in [0.29, 0.717) is 19.5 Å². The van der Waals surface area contributed by atoms with E-state index in [1.807, 2.05) is 62.6 Å². The zero-order valence-electron chi connectivity index (χ0n) is 16.9. The number of carbonyl (C=O) groups excluding carboxylic acids is 1. The van der Waals surface area contributed by atoms with E-state index < -0.39 is 0 Å². The van der Waals surface area contributed by atoms with Crippen molar-refractivity contribution in [3.8, 4) is 0 Å². The van der Waals surface area contributed by atoms with Gasteiger partial charge in [0.25, 0.3) is 0 Å². The number of aromatic nitrogens is 1. The van der Waals surface area contributed by atoms with Crippen LogP contribution >= 0.6 is 39.9 Å². The molecule has 1 aromatic carbocycles. The molecule has 0 spiro atoms. The van der Waals surface area contributed by atoms with Crippen molar-refractivity contribution in [3.05, 3.63) is 58.3 Å². The summed E-state index contributed by atoms with van der Waals surface area (Å²) in [5, 5.41) is 3.27. The lowest BCUT2D eigenvalue weighted by Crippen LogP contribution is -2.40. The summed E-state index contributed by atoms with van der Waals surface area (Å²) in [5.41, 5.74) is 2.30. The third kappa shape index (κ3) is 7.12. The van der Waals surface area contributed by atoms with E-state index in [1.165, 1.54) is 5.69 Å². The summed E-state index contributed by atoms with van der Waals surface area (Å²) < 4.78 is 3.11. The van der Waals surface area contributed by atoms with Crippen LogP contribution in [0.4, 0.5) is 0 Å². The maximum Gasteiger partial charge on any atom is 0.224 e. The molecule has 2 aromatic rings. The molecule has 0 atom stereocenters. The van der Waals surface area contributed by atoms with Crippen LogP contribution in [0.25, 0.3) is 0 Å². The van der Waals surface area contributed by atoms with Crippen molar-refractivity contribution in [2.75, 3.05) is 27.7 Å². The second-order valence-corrected chi connectivity index (χ2v) is 7.39. The number of guanidine groups is 1. The summed E-state index contributed by atoms with van der Waals surface area (Å²) in [4.78, 5) is 20.5. The lowest BCUT2D eigenvalue weighted by molar-refractivity contribution is -0.130. The second kappa shape index (κ2) is 12.1. The number of nitrogens with one attached hydrogen (secondary N) is 1. The van der Waals surface area contributed by atoms with Gasteiger partial charge in [-0.2, -0.15) is 0 Å². The first kappa shape index (κ1) is 24.5. The molecule has 0 aliphatic rings. The average Bonchev–Trinajstić information content (AvgIpc) is 3.05. The average molecular weight is 562 g/mol. The van der Waals surface area contributed by atoms with Crippen LogP contribution in [0, 0.1) is 0 Å². The molecule has 0 aliphatic heterocycles. The molecule has 8 heteroatoms. The largest absolute Gasteiger partial charge is 0.356 e. The van der Waals surface area contributed by atoms with Gasteiger partial charge in [0.1, 0.15) is 0 Å². The van der Waals surface area contributed by atoms with Gasteiger partial charge in [-0.05, 0) is 23.8 Å². The summed E-state index contributed by atoms with van der Waals surface area (Å²) in [7, 11) is 7.60. The van der Waals surface area contributed by atoms with Crippen LogP contribution in [0.1, 0.15) is 17.7 Å². The van der Waals surface area contributed by atoms with E-state index in [0.717, 1.165) is 22.5 Å². The summed E-state index contributed by atoms with van der Waals surface area (Å²) in [6.07, 6.45) is 2.44. The smallest absolute Gasteiger partial charge is 0.224 e. The van der Waals surface area contributed by atoms with Crippen molar-refractivity contribution in [3.63, 3.8) is 0 Å². The standard InChI is InChI=1S/C20H28BrN5O.HI/c1-22-20(26(4)15-17-9-7-13-24(17)2)23-12-11-19(27)25(3)14-16-8-5-6-10-18(16)21;/h5-10,13H,11-12,14-15H2,1-4H3,(H,22,23);1H. The highest BCUT2D eigenvalue weighted by atomic mass is 127. The Bertz CT molecular complexity index is 792. The first-order valence-electron chi connectivity index (χ1n) is 8.91. The fourth-order valence-corrected chi connectivity index (χ4v) is 3.22. The Labute approximate surface area is 193 Å². The number of hydrogen-bond acceptors (Lipinski definition) is 2. The highest BCUT2D eigenvalue weighted by Gasteiger charge is 2.12. The molecule has 1 heterocycles. The summed E-state index contributed by atoms with van der Waals surface area (Å²) in [5.74, 6) is 0.872. The Morgan fingerprint density at radius 1 is 1.14 bits per heavy atom. The van der Waals surface area contributed by atoms with Crippen LogP contribution < -0.4 is 5.32 Å². The number of rotatable bonds is 7. The molecule has 0 bridgehead atoms. The number of halogens is 2. The summed E-state index contributed by atoms with van der Waals surface area (Å²) in [6.45, 7) is 1.88. The first-order valence-corrected chi connectivity index (χ1v) is 9.71. The van der Waals surface area contributed by atoms with Crippen LogP contribution in [0.5, 0.6) is 0 Å². The number of carbonyl (C=O) groups is 1. The van der Waals surface area contributed by atoms with Crippen molar-refractivity contribution in [1.29, 1.82) is 0 Å². The van der Waals surface area contributed by atoms with E-state index >= 15 is 0 Å². The molecule has 0 unspecified atom stereocenters. The molecule has 28 heavy (non-hydrogen) atoms. The van der Waals surface area contributed by atoms with Crippen molar-refractivity contribution >= 4 is 51.8 Å². The number of nitrogens with zero attached hydrogens (tertiary/aromatic N) is 4. The minimum Gasteiger partial charge on any atom is -0.356 e. The quantitative estimate of drug-likeness (QED) is 0.320. The van der Waals surface area contributed by atoms with Gasteiger partial charge >= 0.3 is 0 Å². The summed E-state index contributed by atoms with van der Waals surface area (Å²) in [6, 6.07) is 12.1. The maximum atomic E-state index is 12.4. The fraction of sp³-hybridized carbons (Fsp3) is 0.400. The van der Waals surface area contributed by atoms with Gasteiger partial charge in [-0.25, -0.2) is 0 Å². The van der Waals surface area contributed by atoms with Gasteiger partial charge < -0.3 is 19.7 Å². The molecule has 154 valence electrons. The monoisotopic (exact) mass is 561 g/mol. The highest BCUT2D eigenvalue weighted by Crippen LogP contribution is 2.17. The van der Waals surface area contributed by atoms with Crippen LogP contribution in [-0.2, 0) is 24.9 Å². The molecular formula is C20H29BrIN5O. The zero-order chi connectivity index (χ0) is 19.8. The first-order chi connectivity index (χ1) is 12.9. The van der Waals surface area contributed by atoms with E-state index in [2.05, 4.69) is 36.9 Å². The van der Waals surface area contributed by atoms with E-state index in [-0.39, 0.29) is 29.9 Å². The molecule has 0 fully saturated rings. The molecule has 0 saturated carbocycles. The van der Waals surface area contributed by atoms with Crippen LogP contribution in [0.3, 0.4) is 0 Å². The Hall–Kier alpha value is -1.55. The Morgan fingerprint density at radius 2 is 1.86 bits per heavy atom. The van der Waals surface area contributed by atoms with Gasteiger partial charge in [0.2, 0.25) is 5.91 Å². The molecule has 0 radical (unpaired) electrons. The number of hydrogen-bond donors (Lipinski definition) is 1. The topological polar surface area (TPSA) is 52.9 Å². The van der Waals surface area contributed by atoms with Crippen molar-refractivity contribution < 1.29 is 4.79 Å². The van der Waals surface area contributed by atoms with E-state index in [1.54, 1.807) is 11.9 Å². The van der Waals surface area contributed by atoms with Gasteiger partial charge in [0.05, 0.1) is 6.54 Å². The SMILES string of the molecule is CN=C(NCCC(=O)N(C)Cc1ccccc1Br)N(C)Cc1cccn1C.I. The Balaban J connectivity index is 0.00000392.